The number of carbonyl (C=O) groups excluding carboxylic acids is 1. The third-order valence-electron chi connectivity index (χ3n) is 3.83. The zero-order valence-corrected chi connectivity index (χ0v) is 16.0. The molecule has 1 aromatic rings. The fourth-order valence-corrected chi connectivity index (χ4v) is 2.64. The molecule has 0 saturated heterocycles. The van der Waals surface area contributed by atoms with E-state index in [-0.39, 0.29) is 29.9 Å². The van der Waals surface area contributed by atoms with E-state index >= 15 is 0 Å². The first-order chi connectivity index (χ1) is 10.8. The number of nitrogens with zero attached hydrogens (tertiary/aromatic N) is 1. The Morgan fingerprint density at radius 3 is 2.70 bits per heavy atom. The van der Waals surface area contributed by atoms with Gasteiger partial charge in [0.1, 0.15) is 5.76 Å². The maximum atomic E-state index is 11.8. The van der Waals surface area contributed by atoms with Gasteiger partial charge in [-0.3, -0.25) is 9.79 Å². The molecule has 1 saturated carbocycles. The summed E-state index contributed by atoms with van der Waals surface area (Å²) >= 11 is 0. The third-order valence-corrected chi connectivity index (χ3v) is 3.83. The quantitative estimate of drug-likeness (QED) is 0.349. The van der Waals surface area contributed by atoms with Crippen molar-refractivity contribution in [1.29, 1.82) is 0 Å². The molecule has 1 heterocycles. The van der Waals surface area contributed by atoms with E-state index in [4.69, 9.17) is 4.42 Å². The fourth-order valence-electron chi connectivity index (χ4n) is 2.64. The normalized spacial score (nSPS) is 15.1. The summed E-state index contributed by atoms with van der Waals surface area (Å²) in [6.45, 7) is 1.32. The van der Waals surface area contributed by atoms with E-state index in [0.29, 0.717) is 25.0 Å². The molecule has 1 aliphatic carbocycles. The molecular weight excluding hydrogens is 407 g/mol. The Balaban J connectivity index is 0.00000264. The van der Waals surface area contributed by atoms with Gasteiger partial charge in [-0.15, -0.1) is 24.0 Å². The number of hydrogen-bond donors (Lipinski definition) is 3. The first-order valence-corrected chi connectivity index (χ1v) is 8.04. The molecule has 0 atom stereocenters. The number of halogens is 1. The van der Waals surface area contributed by atoms with Gasteiger partial charge in [0.25, 0.3) is 0 Å². The Bertz CT molecular complexity index is 470. The molecule has 1 aromatic heterocycles. The molecular formula is C16H27IN4O2. The molecule has 0 aromatic carbocycles. The second-order valence-electron chi connectivity index (χ2n) is 5.55. The second-order valence-corrected chi connectivity index (χ2v) is 5.55. The summed E-state index contributed by atoms with van der Waals surface area (Å²) in [4.78, 5) is 16.0. The SMILES string of the molecule is CN=C(NCCC(=O)NC1CCCC1)NCCc1ccco1.I. The van der Waals surface area contributed by atoms with Crippen LogP contribution in [0.2, 0.25) is 0 Å². The maximum absolute atomic E-state index is 11.8. The van der Waals surface area contributed by atoms with Crippen LogP contribution >= 0.6 is 24.0 Å². The Morgan fingerprint density at radius 1 is 1.30 bits per heavy atom. The summed E-state index contributed by atoms with van der Waals surface area (Å²) in [6, 6.07) is 4.22. The van der Waals surface area contributed by atoms with Gasteiger partial charge in [-0.2, -0.15) is 0 Å². The lowest BCUT2D eigenvalue weighted by atomic mass is 10.2. The van der Waals surface area contributed by atoms with Gasteiger partial charge in [0, 0.05) is 39.0 Å². The van der Waals surface area contributed by atoms with Gasteiger partial charge in [-0.25, -0.2) is 0 Å². The van der Waals surface area contributed by atoms with E-state index < -0.39 is 0 Å². The van der Waals surface area contributed by atoms with Crippen LogP contribution in [0.5, 0.6) is 0 Å². The molecule has 7 heteroatoms. The first kappa shape index (κ1) is 19.8. The lowest BCUT2D eigenvalue weighted by Crippen LogP contribution is -2.41. The monoisotopic (exact) mass is 434 g/mol. The van der Waals surface area contributed by atoms with Crippen molar-refractivity contribution in [2.24, 2.45) is 4.99 Å². The van der Waals surface area contributed by atoms with E-state index in [1.807, 2.05) is 12.1 Å². The van der Waals surface area contributed by atoms with E-state index in [9.17, 15) is 4.79 Å². The number of guanidine groups is 1. The minimum absolute atomic E-state index is 0. The molecule has 1 fully saturated rings. The van der Waals surface area contributed by atoms with Crippen LogP contribution in [-0.2, 0) is 11.2 Å². The lowest BCUT2D eigenvalue weighted by Gasteiger charge is -2.13. The van der Waals surface area contributed by atoms with Gasteiger partial charge in [0.05, 0.1) is 6.26 Å². The zero-order chi connectivity index (χ0) is 15.6. The smallest absolute Gasteiger partial charge is 0.221 e. The molecule has 2 rings (SSSR count). The summed E-state index contributed by atoms with van der Waals surface area (Å²) < 4.78 is 5.27. The van der Waals surface area contributed by atoms with Crippen LogP contribution in [0.1, 0.15) is 37.9 Å². The lowest BCUT2D eigenvalue weighted by molar-refractivity contribution is -0.121. The van der Waals surface area contributed by atoms with Crippen molar-refractivity contribution in [2.75, 3.05) is 20.1 Å². The highest BCUT2D eigenvalue weighted by Gasteiger charge is 2.16. The zero-order valence-electron chi connectivity index (χ0n) is 13.6. The highest BCUT2D eigenvalue weighted by atomic mass is 127. The minimum Gasteiger partial charge on any atom is -0.469 e. The van der Waals surface area contributed by atoms with Gasteiger partial charge < -0.3 is 20.4 Å². The highest BCUT2D eigenvalue weighted by molar-refractivity contribution is 14.0. The second kappa shape index (κ2) is 11.3. The molecule has 0 aliphatic heterocycles. The van der Waals surface area contributed by atoms with E-state index in [2.05, 4.69) is 20.9 Å². The topological polar surface area (TPSA) is 78.7 Å². The number of carbonyl (C=O) groups is 1. The number of furan rings is 1. The minimum atomic E-state index is 0. The Labute approximate surface area is 154 Å². The molecule has 0 radical (unpaired) electrons. The summed E-state index contributed by atoms with van der Waals surface area (Å²) in [5.41, 5.74) is 0. The van der Waals surface area contributed by atoms with Gasteiger partial charge >= 0.3 is 0 Å². The van der Waals surface area contributed by atoms with E-state index in [1.165, 1.54) is 12.8 Å². The highest BCUT2D eigenvalue weighted by Crippen LogP contribution is 2.17. The van der Waals surface area contributed by atoms with Crippen molar-refractivity contribution in [1.82, 2.24) is 16.0 Å². The number of nitrogens with one attached hydrogen (secondary N) is 3. The van der Waals surface area contributed by atoms with Gasteiger partial charge in [-0.1, -0.05) is 12.8 Å². The predicted molar refractivity (Wildman–Crippen MR) is 102 cm³/mol. The molecule has 130 valence electrons. The van der Waals surface area contributed by atoms with Crippen molar-refractivity contribution < 1.29 is 9.21 Å². The number of rotatable bonds is 7. The Hall–Kier alpha value is -1.25. The molecule has 0 unspecified atom stereocenters. The molecule has 23 heavy (non-hydrogen) atoms. The summed E-state index contributed by atoms with van der Waals surface area (Å²) in [6.07, 6.45) is 7.64. The van der Waals surface area contributed by atoms with Crippen molar-refractivity contribution in [2.45, 2.75) is 44.6 Å². The largest absolute Gasteiger partial charge is 0.469 e. The van der Waals surface area contributed by atoms with Crippen LogP contribution in [0.4, 0.5) is 0 Å². The van der Waals surface area contributed by atoms with Crippen molar-refractivity contribution >= 4 is 35.8 Å². The third kappa shape index (κ3) is 7.71. The van der Waals surface area contributed by atoms with Gasteiger partial charge in [0.2, 0.25) is 5.91 Å². The van der Waals surface area contributed by atoms with Crippen LogP contribution in [0.15, 0.2) is 27.8 Å². The average molecular weight is 434 g/mol. The van der Waals surface area contributed by atoms with Crippen molar-refractivity contribution in [3.63, 3.8) is 0 Å². The van der Waals surface area contributed by atoms with Crippen molar-refractivity contribution in [3.05, 3.63) is 24.2 Å². The van der Waals surface area contributed by atoms with Crippen LogP contribution in [0, 0.1) is 0 Å². The standard InChI is InChI=1S/C16H26N4O2.HI/c1-17-16(18-10-8-14-7-4-12-22-14)19-11-9-15(21)20-13-5-2-3-6-13;/h4,7,12-13H,2-3,5-6,8-11H2,1H3,(H,20,21)(H2,17,18,19);1H. The van der Waals surface area contributed by atoms with E-state index in [1.54, 1.807) is 13.3 Å². The maximum Gasteiger partial charge on any atom is 0.221 e. The first-order valence-electron chi connectivity index (χ1n) is 8.04. The average Bonchev–Trinajstić information content (AvgIpc) is 3.19. The molecule has 3 N–H and O–H groups in total. The molecule has 0 spiro atoms. The predicted octanol–water partition coefficient (Wildman–Crippen LogP) is 2.05. The van der Waals surface area contributed by atoms with Gasteiger partial charge in [-0.05, 0) is 25.0 Å². The van der Waals surface area contributed by atoms with Crippen LogP contribution < -0.4 is 16.0 Å². The Kier molecular flexibility index (Phi) is 9.74. The summed E-state index contributed by atoms with van der Waals surface area (Å²) in [5, 5.41) is 9.44. The van der Waals surface area contributed by atoms with Crippen LogP contribution in [-0.4, -0.2) is 38.0 Å². The molecule has 0 bridgehead atoms. The fraction of sp³-hybridized carbons (Fsp3) is 0.625. The number of hydrogen-bond acceptors (Lipinski definition) is 3. The van der Waals surface area contributed by atoms with E-state index in [0.717, 1.165) is 31.6 Å². The molecule has 1 aliphatic rings. The molecule has 6 nitrogen and oxygen atoms in total. The molecule has 1 amide bonds. The summed E-state index contributed by atoms with van der Waals surface area (Å²) in [7, 11) is 1.72. The van der Waals surface area contributed by atoms with Crippen LogP contribution in [0.3, 0.4) is 0 Å². The number of amides is 1. The number of aliphatic imine (C=N–C) groups is 1. The summed E-state index contributed by atoms with van der Waals surface area (Å²) in [5.74, 6) is 1.77. The van der Waals surface area contributed by atoms with Crippen LogP contribution in [0.25, 0.3) is 0 Å². The van der Waals surface area contributed by atoms with Gasteiger partial charge in [0.15, 0.2) is 5.96 Å². The Morgan fingerprint density at radius 2 is 2.04 bits per heavy atom. The van der Waals surface area contributed by atoms with Crippen molar-refractivity contribution in [3.8, 4) is 0 Å².